The van der Waals surface area contributed by atoms with E-state index in [1.165, 1.54) is 25.1 Å². The van der Waals surface area contributed by atoms with Gasteiger partial charge in [-0.05, 0) is 32.0 Å². The molecular weight excluding hydrogens is 369 g/mol. The summed E-state index contributed by atoms with van der Waals surface area (Å²) in [5.41, 5.74) is -1.16. The largest absolute Gasteiger partial charge is 0.494 e. The number of carbonyl (C=O) groups excluding carboxylic acids is 1. The maximum atomic E-state index is 12.6. The van der Waals surface area contributed by atoms with Crippen molar-refractivity contribution in [3.05, 3.63) is 45.8 Å². The number of hydrogen-bond donors (Lipinski definition) is 1. The Morgan fingerprint density at radius 2 is 2.07 bits per heavy atom. The van der Waals surface area contributed by atoms with E-state index in [2.05, 4.69) is 10.4 Å². The highest BCUT2D eigenvalue weighted by atomic mass is 19.4. The molecule has 27 heavy (non-hydrogen) atoms. The maximum absolute atomic E-state index is 12.6. The molecule has 0 unspecified atom stereocenters. The molecule has 0 saturated heterocycles. The van der Waals surface area contributed by atoms with Gasteiger partial charge in [-0.15, -0.1) is 0 Å². The molecule has 146 valence electrons. The van der Waals surface area contributed by atoms with Crippen LogP contribution in [0.4, 0.5) is 24.5 Å². The second-order valence-corrected chi connectivity index (χ2v) is 5.56. The molecule has 0 bridgehead atoms. The van der Waals surface area contributed by atoms with Gasteiger partial charge in [0.05, 0.1) is 17.6 Å². The molecule has 0 aliphatic carbocycles. The van der Waals surface area contributed by atoms with Crippen LogP contribution in [0, 0.1) is 17.0 Å². The SMILES string of the molecule is CCOc1ccc(NC(=O)CCn2nc(C(F)(F)F)cc2C)c([N+](=O)[O-])c1. The fourth-order valence-electron chi connectivity index (χ4n) is 2.32. The average molecular weight is 386 g/mol. The van der Waals surface area contributed by atoms with Crippen LogP contribution in [-0.4, -0.2) is 27.2 Å². The number of halogens is 3. The number of nitrogens with one attached hydrogen (secondary N) is 1. The number of aryl methyl sites for hydroxylation is 2. The van der Waals surface area contributed by atoms with Crippen LogP contribution in [-0.2, 0) is 17.5 Å². The first-order valence-corrected chi connectivity index (χ1v) is 7.94. The van der Waals surface area contributed by atoms with E-state index >= 15 is 0 Å². The fourth-order valence-corrected chi connectivity index (χ4v) is 2.32. The molecule has 0 spiro atoms. The zero-order valence-corrected chi connectivity index (χ0v) is 14.5. The number of nitro benzene ring substituents is 1. The summed E-state index contributed by atoms with van der Waals surface area (Å²) >= 11 is 0. The Kier molecular flexibility index (Phi) is 6.03. The minimum Gasteiger partial charge on any atom is -0.494 e. The lowest BCUT2D eigenvalue weighted by Crippen LogP contribution is -2.17. The average Bonchev–Trinajstić information content (AvgIpc) is 2.95. The molecule has 0 atom stereocenters. The molecule has 1 heterocycles. The van der Waals surface area contributed by atoms with Crippen molar-refractivity contribution < 1.29 is 27.6 Å². The molecule has 11 heteroatoms. The Hall–Kier alpha value is -3.11. The van der Waals surface area contributed by atoms with Gasteiger partial charge in [-0.1, -0.05) is 0 Å². The quantitative estimate of drug-likeness (QED) is 0.580. The number of ether oxygens (including phenoxy) is 1. The summed E-state index contributed by atoms with van der Waals surface area (Å²) in [6.07, 6.45) is -4.77. The normalized spacial score (nSPS) is 11.3. The minimum absolute atomic E-state index is 0.0263. The van der Waals surface area contributed by atoms with E-state index in [0.29, 0.717) is 6.61 Å². The van der Waals surface area contributed by atoms with Crippen LogP contribution in [0.5, 0.6) is 5.75 Å². The van der Waals surface area contributed by atoms with E-state index < -0.39 is 22.7 Å². The second-order valence-electron chi connectivity index (χ2n) is 5.56. The number of nitrogens with zero attached hydrogens (tertiary/aromatic N) is 3. The topological polar surface area (TPSA) is 99.3 Å². The Morgan fingerprint density at radius 3 is 2.63 bits per heavy atom. The lowest BCUT2D eigenvalue weighted by molar-refractivity contribution is -0.384. The van der Waals surface area contributed by atoms with E-state index in [9.17, 15) is 28.1 Å². The lowest BCUT2D eigenvalue weighted by Gasteiger charge is -2.09. The standard InChI is InChI=1S/C16H17F3N4O4/c1-3-27-11-4-5-12(13(9-11)23(25)26)20-15(24)6-7-22-10(2)8-14(21-22)16(17,18)19/h4-5,8-9H,3,6-7H2,1-2H3,(H,20,24). The van der Waals surface area contributed by atoms with Crippen molar-refractivity contribution in [2.75, 3.05) is 11.9 Å². The third-order valence-corrected chi connectivity index (χ3v) is 3.57. The number of benzene rings is 1. The van der Waals surface area contributed by atoms with Gasteiger partial charge >= 0.3 is 6.18 Å². The molecule has 0 aliphatic heterocycles. The summed E-state index contributed by atoms with van der Waals surface area (Å²) in [6.45, 7) is 3.39. The number of amides is 1. The molecule has 8 nitrogen and oxygen atoms in total. The van der Waals surface area contributed by atoms with Gasteiger partial charge in [0.15, 0.2) is 5.69 Å². The molecule has 1 aromatic heterocycles. The van der Waals surface area contributed by atoms with Gasteiger partial charge in [0.1, 0.15) is 11.4 Å². The molecule has 2 aromatic rings. The summed E-state index contributed by atoms with van der Waals surface area (Å²) in [5, 5.41) is 17.0. The Balaban J connectivity index is 2.06. The zero-order chi connectivity index (χ0) is 20.2. The Morgan fingerprint density at radius 1 is 1.37 bits per heavy atom. The van der Waals surface area contributed by atoms with Crippen LogP contribution in [0.1, 0.15) is 24.7 Å². The van der Waals surface area contributed by atoms with Gasteiger partial charge in [-0.25, -0.2) is 0 Å². The lowest BCUT2D eigenvalue weighted by atomic mass is 10.2. The van der Waals surface area contributed by atoms with E-state index in [-0.39, 0.29) is 35.8 Å². The van der Waals surface area contributed by atoms with Crippen molar-refractivity contribution >= 4 is 17.3 Å². The Labute approximate surface area is 152 Å². The first-order valence-electron chi connectivity index (χ1n) is 7.94. The van der Waals surface area contributed by atoms with Gasteiger partial charge < -0.3 is 10.1 Å². The van der Waals surface area contributed by atoms with Gasteiger partial charge in [0.2, 0.25) is 5.91 Å². The number of alkyl halides is 3. The zero-order valence-electron chi connectivity index (χ0n) is 14.5. The molecule has 0 radical (unpaired) electrons. The van der Waals surface area contributed by atoms with Crippen LogP contribution in [0.3, 0.4) is 0 Å². The fraction of sp³-hybridized carbons (Fsp3) is 0.375. The van der Waals surface area contributed by atoms with Crippen LogP contribution >= 0.6 is 0 Å². The first kappa shape index (κ1) is 20.2. The van der Waals surface area contributed by atoms with E-state index in [0.717, 1.165) is 10.7 Å². The second kappa shape index (κ2) is 8.06. The van der Waals surface area contributed by atoms with Crippen molar-refractivity contribution in [1.29, 1.82) is 0 Å². The summed E-state index contributed by atoms with van der Waals surface area (Å²) in [5.74, 6) is -0.306. The van der Waals surface area contributed by atoms with Gasteiger partial charge in [-0.3, -0.25) is 19.6 Å². The van der Waals surface area contributed by atoms with Crippen molar-refractivity contribution in [2.45, 2.75) is 33.0 Å². The highest BCUT2D eigenvalue weighted by Crippen LogP contribution is 2.30. The molecule has 1 amide bonds. The third-order valence-electron chi connectivity index (χ3n) is 3.57. The number of hydrogen-bond acceptors (Lipinski definition) is 5. The number of aromatic nitrogens is 2. The predicted octanol–water partition coefficient (Wildman–Crippen LogP) is 3.55. The third kappa shape index (κ3) is 5.19. The molecule has 0 saturated carbocycles. The number of nitro groups is 1. The van der Waals surface area contributed by atoms with Gasteiger partial charge in [-0.2, -0.15) is 18.3 Å². The van der Waals surface area contributed by atoms with Gasteiger partial charge in [0, 0.05) is 18.7 Å². The van der Waals surface area contributed by atoms with Crippen LogP contribution in [0.25, 0.3) is 0 Å². The highest BCUT2D eigenvalue weighted by Gasteiger charge is 2.34. The summed E-state index contributed by atoms with van der Waals surface area (Å²) in [6, 6.07) is 4.88. The highest BCUT2D eigenvalue weighted by molar-refractivity contribution is 5.93. The molecule has 2 rings (SSSR count). The van der Waals surface area contributed by atoms with Crippen LogP contribution in [0.2, 0.25) is 0 Å². The summed E-state index contributed by atoms with van der Waals surface area (Å²) in [4.78, 5) is 22.6. The maximum Gasteiger partial charge on any atom is 0.435 e. The number of anilines is 1. The first-order chi connectivity index (χ1) is 12.6. The molecule has 1 aromatic carbocycles. The monoisotopic (exact) mass is 386 g/mol. The van der Waals surface area contributed by atoms with Crippen molar-refractivity contribution in [1.82, 2.24) is 9.78 Å². The van der Waals surface area contributed by atoms with Crippen molar-refractivity contribution in [3.63, 3.8) is 0 Å². The number of carbonyl (C=O) groups is 1. The van der Waals surface area contributed by atoms with Crippen molar-refractivity contribution in [3.8, 4) is 5.75 Å². The molecular formula is C16H17F3N4O4. The van der Waals surface area contributed by atoms with Crippen LogP contribution in [0.15, 0.2) is 24.3 Å². The summed E-state index contributed by atoms with van der Waals surface area (Å²) < 4.78 is 44.2. The Bertz CT molecular complexity index is 849. The predicted molar refractivity (Wildman–Crippen MR) is 89.5 cm³/mol. The van der Waals surface area contributed by atoms with E-state index in [1.807, 2.05) is 0 Å². The summed E-state index contributed by atoms with van der Waals surface area (Å²) in [7, 11) is 0. The smallest absolute Gasteiger partial charge is 0.435 e. The van der Waals surface area contributed by atoms with E-state index in [4.69, 9.17) is 4.74 Å². The van der Waals surface area contributed by atoms with Crippen LogP contribution < -0.4 is 10.1 Å². The number of rotatable bonds is 7. The van der Waals surface area contributed by atoms with Crippen molar-refractivity contribution in [2.24, 2.45) is 0 Å². The minimum atomic E-state index is -4.57. The van der Waals surface area contributed by atoms with Gasteiger partial charge in [0.25, 0.3) is 5.69 Å². The van der Waals surface area contributed by atoms with E-state index in [1.54, 1.807) is 6.92 Å². The molecule has 1 N–H and O–H groups in total. The molecule has 0 aliphatic rings. The molecule has 0 fully saturated rings.